The van der Waals surface area contributed by atoms with Crippen molar-refractivity contribution in [3.8, 4) is 17.2 Å². The Hall–Kier alpha value is -4.00. The fraction of sp³-hybridized carbons (Fsp3) is 0.333. The molecule has 7 heteroatoms. The third-order valence-corrected chi connectivity index (χ3v) is 6.99. The molecular weight excluding hydrogens is 468 g/mol. The van der Waals surface area contributed by atoms with Crippen LogP contribution < -0.4 is 19.7 Å². The summed E-state index contributed by atoms with van der Waals surface area (Å²) in [6, 6.07) is 18.3. The summed E-state index contributed by atoms with van der Waals surface area (Å²) >= 11 is 0. The number of anilines is 1. The summed E-state index contributed by atoms with van der Waals surface area (Å²) in [5, 5.41) is 13.1. The van der Waals surface area contributed by atoms with Gasteiger partial charge < -0.3 is 19.9 Å². The highest BCUT2D eigenvalue weighted by Gasteiger charge is 2.35. The van der Waals surface area contributed by atoms with Gasteiger partial charge in [-0.15, -0.1) is 0 Å². The van der Waals surface area contributed by atoms with Gasteiger partial charge in [0.1, 0.15) is 25.0 Å². The number of hydrogen-bond acceptors (Lipinski definition) is 5. The predicted octanol–water partition coefficient (Wildman–Crippen LogP) is 5.31. The molecule has 1 saturated carbocycles. The van der Waals surface area contributed by atoms with Gasteiger partial charge in [-0.05, 0) is 67.8 Å². The molecule has 0 unspecified atom stereocenters. The van der Waals surface area contributed by atoms with Crippen molar-refractivity contribution in [3.63, 3.8) is 0 Å². The van der Waals surface area contributed by atoms with Crippen LogP contribution in [0.2, 0.25) is 0 Å². The van der Waals surface area contributed by atoms with Crippen LogP contribution in [0.4, 0.5) is 5.69 Å². The van der Waals surface area contributed by atoms with Gasteiger partial charge in [0.2, 0.25) is 5.91 Å². The number of fused-ring (bicyclic) bond motifs is 1. The van der Waals surface area contributed by atoms with Gasteiger partial charge in [-0.25, -0.2) is 0 Å². The number of phenols is 1. The fourth-order valence-corrected chi connectivity index (χ4v) is 5.01. The highest BCUT2D eigenvalue weighted by atomic mass is 16.6. The van der Waals surface area contributed by atoms with Crippen LogP contribution in [0.5, 0.6) is 17.2 Å². The molecule has 192 valence electrons. The number of nitrogens with zero attached hydrogens (tertiary/aromatic N) is 1. The Bertz CT molecular complexity index is 1250. The van der Waals surface area contributed by atoms with E-state index in [-0.39, 0.29) is 23.6 Å². The fourth-order valence-electron chi connectivity index (χ4n) is 5.01. The van der Waals surface area contributed by atoms with Gasteiger partial charge in [0.15, 0.2) is 11.5 Å². The average molecular weight is 501 g/mol. The molecular formula is C30H32N2O5. The van der Waals surface area contributed by atoms with Gasteiger partial charge in [0.25, 0.3) is 5.91 Å². The van der Waals surface area contributed by atoms with E-state index in [1.54, 1.807) is 30.3 Å². The smallest absolute Gasteiger partial charge is 0.259 e. The summed E-state index contributed by atoms with van der Waals surface area (Å²) in [7, 11) is 0. The Morgan fingerprint density at radius 1 is 0.892 bits per heavy atom. The third kappa shape index (κ3) is 5.56. The lowest BCUT2D eigenvalue weighted by atomic mass is 9.94. The summed E-state index contributed by atoms with van der Waals surface area (Å²) in [5.74, 6) is 0.612. The minimum Gasteiger partial charge on any atom is -0.508 e. The minimum atomic E-state index is -0.939. The van der Waals surface area contributed by atoms with Gasteiger partial charge in [-0.1, -0.05) is 49.1 Å². The van der Waals surface area contributed by atoms with Gasteiger partial charge in [-0.2, -0.15) is 0 Å². The molecule has 5 rings (SSSR count). The number of phenolic OH excluding ortho intramolecular Hbond substituents is 1. The number of rotatable bonds is 6. The topological polar surface area (TPSA) is 88.1 Å². The molecule has 0 aromatic heterocycles. The molecule has 3 aromatic carbocycles. The lowest BCUT2D eigenvalue weighted by Gasteiger charge is -2.34. The number of aromatic hydroxyl groups is 1. The molecule has 1 heterocycles. The molecule has 1 atom stereocenters. The molecule has 1 aliphatic heterocycles. The van der Waals surface area contributed by atoms with Crippen LogP contribution in [0.15, 0.2) is 66.7 Å². The largest absolute Gasteiger partial charge is 0.508 e. The van der Waals surface area contributed by atoms with Crippen LogP contribution in [0.1, 0.15) is 59.6 Å². The van der Waals surface area contributed by atoms with Crippen molar-refractivity contribution in [1.82, 2.24) is 5.32 Å². The summed E-state index contributed by atoms with van der Waals surface area (Å²) in [5.41, 5.74) is 2.64. The SMILES string of the molecule is Cc1ccc(N(C(=O)c2ccc3c(c2)OCCO3)[C@H](C(=O)NC2CCCCC2)c2ccc(O)cc2)cc1. The van der Waals surface area contributed by atoms with Crippen LogP contribution in [-0.2, 0) is 4.79 Å². The second-order valence-electron chi connectivity index (χ2n) is 9.71. The first kappa shape index (κ1) is 24.7. The van der Waals surface area contributed by atoms with Crippen LogP contribution in [0.25, 0.3) is 0 Å². The highest BCUT2D eigenvalue weighted by Crippen LogP contribution is 2.35. The number of benzene rings is 3. The number of carbonyl (C=O) groups is 2. The molecule has 0 saturated heterocycles. The van der Waals surface area contributed by atoms with Crippen molar-refractivity contribution in [2.24, 2.45) is 0 Å². The zero-order chi connectivity index (χ0) is 25.8. The minimum absolute atomic E-state index is 0.0742. The van der Waals surface area contributed by atoms with Crippen molar-refractivity contribution >= 4 is 17.5 Å². The molecule has 1 aliphatic carbocycles. The van der Waals surface area contributed by atoms with E-state index in [0.29, 0.717) is 41.5 Å². The molecule has 2 amide bonds. The number of nitrogens with one attached hydrogen (secondary N) is 1. The van der Waals surface area contributed by atoms with Crippen molar-refractivity contribution in [3.05, 3.63) is 83.4 Å². The van der Waals surface area contributed by atoms with E-state index < -0.39 is 6.04 Å². The van der Waals surface area contributed by atoms with Crippen LogP contribution >= 0.6 is 0 Å². The van der Waals surface area contributed by atoms with Crippen LogP contribution in [-0.4, -0.2) is 36.2 Å². The van der Waals surface area contributed by atoms with Crippen molar-refractivity contribution in [2.75, 3.05) is 18.1 Å². The zero-order valence-corrected chi connectivity index (χ0v) is 21.0. The van der Waals surface area contributed by atoms with E-state index in [9.17, 15) is 14.7 Å². The van der Waals surface area contributed by atoms with Crippen LogP contribution in [0.3, 0.4) is 0 Å². The molecule has 0 radical (unpaired) electrons. The van der Waals surface area contributed by atoms with Gasteiger partial charge in [0, 0.05) is 17.3 Å². The van der Waals surface area contributed by atoms with Crippen molar-refractivity contribution < 1.29 is 24.2 Å². The van der Waals surface area contributed by atoms with E-state index in [1.165, 1.54) is 23.5 Å². The summed E-state index contributed by atoms with van der Waals surface area (Å²) in [6.45, 7) is 2.84. The van der Waals surface area contributed by atoms with E-state index in [0.717, 1.165) is 31.2 Å². The average Bonchev–Trinajstić information content (AvgIpc) is 2.93. The molecule has 0 bridgehead atoms. The maximum Gasteiger partial charge on any atom is 0.259 e. The van der Waals surface area contributed by atoms with Gasteiger partial charge >= 0.3 is 0 Å². The second kappa shape index (κ2) is 10.9. The first-order chi connectivity index (χ1) is 18.0. The van der Waals surface area contributed by atoms with E-state index in [2.05, 4.69) is 5.32 Å². The number of aryl methyl sites for hydroxylation is 1. The molecule has 3 aromatic rings. The maximum atomic E-state index is 14.2. The number of amides is 2. The first-order valence-electron chi connectivity index (χ1n) is 12.9. The predicted molar refractivity (Wildman–Crippen MR) is 141 cm³/mol. The third-order valence-electron chi connectivity index (χ3n) is 6.99. The number of hydrogen-bond donors (Lipinski definition) is 2. The number of carbonyl (C=O) groups excluding carboxylic acids is 2. The summed E-state index contributed by atoms with van der Waals surface area (Å²) < 4.78 is 11.3. The Labute approximate surface area is 217 Å². The number of ether oxygens (including phenoxy) is 2. The standard InChI is InChI=1S/C30H32N2O5/c1-20-7-12-24(13-8-20)32(30(35)22-11-16-26-27(19-22)37-18-17-36-26)28(21-9-14-25(33)15-10-21)29(34)31-23-5-3-2-4-6-23/h7-16,19,23,28,33H,2-6,17-18H2,1H3,(H,31,34)/t28-/m0/s1. The molecule has 2 aliphatic rings. The van der Waals surface area contributed by atoms with E-state index >= 15 is 0 Å². The Morgan fingerprint density at radius 3 is 2.27 bits per heavy atom. The molecule has 2 N–H and O–H groups in total. The normalized spacial score (nSPS) is 16.0. The van der Waals surface area contributed by atoms with Gasteiger partial charge in [0.05, 0.1) is 0 Å². The lowest BCUT2D eigenvalue weighted by molar-refractivity contribution is -0.123. The molecule has 1 fully saturated rings. The molecule has 7 nitrogen and oxygen atoms in total. The highest BCUT2D eigenvalue weighted by molar-refractivity contribution is 6.10. The summed E-state index contributed by atoms with van der Waals surface area (Å²) in [4.78, 5) is 29.7. The Kier molecular flexibility index (Phi) is 7.30. The maximum absolute atomic E-state index is 14.2. The monoisotopic (exact) mass is 500 g/mol. The van der Waals surface area contributed by atoms with Gasteiger partial charge in [-0.3, -0.25) is 14.5 Å². The second-order valence-corrected chi connectivity index (χ2v) is 9.71. The Balaban J connectivity index is 1.58. The quantitative estimate of drug-likeness (QED) is 0.479. The van der Waals surface area contributed by atoms with E-state index in [4.69, 9.17) is 9.47 Å². The summed E-state index contributed by atoms with van der Waals surface area (Å²) in [6.07, 6.45) is 5.18. The van der Waals surface area contributed by atoms with Crippen LogP contribution in [0, 0.1) is 6.92 Å². The van der Waals surface area contributed by atoms with Crippen molar-refractivity contribution in [1.29, 1.82) is 0 Å². The molecule has 37 heavy (non-hydrogen) atoms. The first-order valence-corrected chi connectivity index (χ1v) is 12.9. The van der Waals surface area contributed by atoms with E-state index in [1.807, 2.05) is 31.2 Å². The van der Waals surface area contributed by atoms with Crippen molar-refractivity contribution in [2.45, 2.75) is 51.1 Å². The Morgan fingerprint density at radius 2 is 1.57 bits per heavy atom. The molecule has 0 spiro atoms. The lowest BCUT2D eigenvalue weighted by Crippen LogP contribution is -2.47. The zero-order valence-electron chi connectivity index (χ0n) is 21.0.